The van der Waals surface area contributed by atoms with Gasteiger partial charge in [0.25, 0.3) is 0 Å². The van der Waals surface area contributed by atoms with E-state index in [-0.39, 0.29) is 6.61 Å². The molecule has 3 aromatic rings. The van der Waals surface area contributed by atoms with Gasteiger partial charge in [-0.1, -0.05) is 30.3 Å². The molecule has 0 aliphatic heterocycles. The molecule has 0 aliphatic rings. The maximum Gasteiger partial charge on any atom is 0.220 e. The number of nitrogens with zero attached hydrogens (tertiary/aromatic N) is 1. The number of aliphatic hydroxyl groups excluding tert-OH is 1. The van der Waals surface area contributed by atoms with Crippen LogP contribution < -0.4 is 4.74 Å². The van der Waals surface area contributed by atoms with Gasteiger partial charge in [0.05, 0.1) is 16.6 Å². The van der Waals surface area contributed by atoms with Crippen molar-refractivity contribution in [2.45, 2.75) is 6.61 Å². The van der Waals surface area contributed by atoms with Crippen molar-refractivity contribution in [2.75, 3.05) is 0 Å². The Hall–Kier alpha value is -1.91. The number of hydrogen-bond donors (Lipinski definition) is 1. The Kier molecular flexibility index (Phi) is 3.67. The maximum atomic E-state index is 9.49. The summed E-state index contributed by atoms with van der Waals surface area (Å²) in [5.41, 5.74) is 1.61. The summed E-state index contributed by atoms with van der Waals surface area (Å²) >= 11 is 3.44. The largest absolute Gasteiger partial charge is 0.438 e. The molecule has 4 heteroatoms. The van der Waals surface area contributed by atoms with E-state index in [0.717, 1.165) is 20.9 Å². The number of halogens is 1. The van der Waals surface area contributed by atoms with Crippen LogP contribution in [-0.4, -0.2) is 10.1 Å². The molecule has 20 heavy (non-hydrogen) atoms. The van der Waals surface area contributed by atoms with Crippen LogP contribution in [0.2, 0.25) is 0 Å². The number of aromatic nitrogens is 1. The van der Waals surface area contributed by atoms with Gasteiger partial charge in [0.1, 0.15) is 5.75 Å². The molecule has 0 amide bonds. The van der Waals surface area contributed by atoms with Crippen LogP contribution in [0.3, 0.4) is 0 Å². The van der Waals surface area contributed by atoms with Crippen LogP contribution in [0.4, 0.5) is 0 Å². The molecule has 0 atom stereocenters. The quantitative estimate of drug-likeness (QED) is 0.779. The number of fused-ring (bicyclic) bond motifs is 1. The third kappa shape index (κ3) is 2.53. The summed E-state index contributed by atoms with van der Waals surface area (Å²) in [4.78, 5) is 4.47. The summed E-state index contributed by atoms with van der Waals surface area (Å²) < 4.78 is 6.65. The first-order valence-corrected chi connectivity index (χ1v) is 6.99. The summed E-state index contributed by atoms with van der Waals surface area (Å²) in [6, 6.07) is 17.0. The third-order valence-corrected chi connectivity index (χ3v) is 3.65. The molecule has 3 rings (SSSR count). The number of rotatable bonds is 3. The topological polar surface area (TPSA) is 42.4 Å². The number of para-hydroxylation sites is 2. The zero-order valence-electron chi connectivity index (χ0n) is 10.6. The van der Waals surface area contributed by atoms with E-state index in [1.807, 2.05) is 48.5 Å². The lowest BCUT2D eigenvalue weighted by atomic mass is 10.1. The van der Waals surface area contributed by atoms with E-state index < -0.39 is 0 Å². The molecule has 0 saturated heterocycles. The molecule has 1 N–H and O–H groups in total. The smallest absolute Gasteiger partial charge is 0.220 e. The summed E-state index contributed by atoms with van der Waals surface area (Å²) in [5.74, 6) is 1.17. The molecule has 0 bridgehead atoms. The van der Waals surface area contributed by atoms with Gasteiger partial charge in [-0.3, -0.25) is 0 Å². The molecule has 1 heterocycles. The van der Waals surface area contributed by atoms with E-state index >= 15 is 0 Å². The second kappa shape index (κ2) is 5.61. The zero-order chi connectivity index (χ0) is 13.9. The van der Waals surface area contributed by atoms with Crippen molar-refractivity contribution in [3.8, 4) is 11.6 Å². The first-order chi connectivity index (χ1) is 9.78. The Bertz CT molecular complexity index is 758. The standard InChI is InChI=1S/C16H12BrNO2/c17-13-6-2-4-8-15(13)20-16-9-11(10-19)12-5-1-3-7-14(12)18-16/h1-9,19H,10H2. The molecule has 1 aromatic heterocycles. The first kappa shape index (κ1) is 13.1. The molecule has 0 aliphatic carbocycles. The highest BCUT2D eigenvalue weighted by Gasteiger charge is 2.08. The van der Waals surface area contributed by atoms with Gasteiger partial charge in [-0.2, -0.15) is 0 Å². The fraction of sp³-hybridized carbons (Fsp3) is 0.0625. The summed E-state index contributed by atoms with van der Waals surface area (Å²) in [6.45, 7) is -0.0463. The molecule has 0 radical (unpaired) electrons. The van der Waals surface area contributed by atoms with Gasteiger partial charge in [-0.25, -0.2) is 4.98 Å². The van der Waals surface area contributed by atoms with Crippen LogP contribution in [0.1, 0.15) is 5.56 Å². The monoisotopic (exact) mass is 329 g/mol. The average molecular weight is 330 g/mol. The second-order valence-corrected chi connectivity index (χ2v) is 5.18. The molecule has 100 valence electrons. The van der Waals surface area contributed by atoms with Crippen LogP contribution in [0.5, 0.6) is 11.6 Å². The Labute approximate surface area is 125 Å². The lowest BCUT2D eigenvalue weighted by Crippen LogP contribution is -1.94. The van der Waals surface area contributed by atoms with Crippen LogP contribution >= 0.6 is 15.9 Å². The highest BCUT2D eigenvalue weighted by atomic mass is 79.9. The van der Waals surface area contributed by atoms with Gasteiger partial charge in [-0.15, -0.1) is 0 Å². The fourth-order valence-corrected chi connectivity index (χ4v) is 2.41. The molecule has 0 unspecified atom stereocenters. The third-order valence-electron chi connectivity index (χ3n) is 3.00. The molecule has 0 fully saturated rings. The van der Waals surface area contributed by atoms with E-state index in [2.05, 4.69) is 20.9 Å². The van der Waals surface area contributed by atoms with E-state index in [1.165, 1.54) is 0 Å². The molecule has 2 aromatic carbocycles. The fourth-order valence-electron chi connectivity index (χ4n) is 2.04. The number of hydrogen-bond acceptors (Lipinski definition) is 3. The van der Waals surface area contributed by atoms with E-state index in [4.69, 9.17) is 4.74 Å². The van der Waals surface area contributed by atoms with Gasteiger partial charge >= 0.3 is 0 Å². The van der Waals surface area contributed by atoms with E-state index in [0.29, 0.717) is 11.6 Å². The molecular weight excluding hydrogens is 318 g/mol. The first-order valence-electron chi connectivity index (χ1n) is 6.20. The van der Waals surface area contributed by atoms with Crippen LogP contribution in [0.25, 0.3) is 10.9 Å². The van der Waals surface area contributed by atoms with Gasteiger partial charge in [0, 0.05) is 11.5 Å². The number of benzene rings is 2. The Morgan fingerprint density at radius 2 is 1.80 bits per heavy atom. The van der Waals surface area contributed by atoms with Crippen molar-refractivity contribution in [1.29, 1.82) is 0 Å². The zero-order valence-corrected chi connectivity index (χ0v) is 12.2. The van der Waals surface area contributed by atoms with E-state index in [1.54, 1.807) is 6.07 Å². The van der Waals surface area contributed by atoms with Crippen molar-refractivity contribution in [3.05, 3.63) is 64.6 Å². The minimum Gasteiger partial charge on any atom is -0.438 e. The van der Waals surface area contributed by atoms with Crippen molar-refractivity contribution in [1.82, 2.24) is 4.98 Å². The molecule has 0 saturated carbocycles. The van der Waals surface area contributed by atoms with Crippen molar-refractivity contribution in [2.24, 2.45) is 0 Å². The lowest BCUT2D eigenvalue weighted by Gasteiger charge is -2.10. The van der Waals surface area contributed by atoms with Gasteiger partial charge < -0.3 is 9.84 Å². The number of ether oxygens (including phenoxy) is 1. The molecular formula is C16H12BrNO2. The van der Waals surface area contributed by atoms with Gasteiger partial charge in [0.2, 0.25) is 5.88 Å². The normalized spacial score (nSPS) is 10.7. The lowest BCUT2D eigenvalue weighted by molar-refractivity contribution is 0.282. The van der Waals surface area contributed by atoms with Crippen LogP contribution in [0, 0.1) is 0 Å². The SMILES string of the molecule is OCc1cc(Oc2ccccc2Br)nc2ccccc12. The summed E-state index contributed by atoms with van der Waals surface area (Å²) in [5, 5.41) is 10.4. The Balaban J connectivity index is 2.06. The molecule has 3 nitrogen and oxygen atoms in total. The van der Waals surface area contributed by atoms with Crippen molar-refractivity contribution in [3.63, 3.8) is 0 Å². The number of aliphatic hydroxyl groups is 1. The van der Waals surface area contributed by atoms with Crippen molar-refractivity contribution < 1.29 is 9.84 Å². The molecule has 0 spiro atoms. The minimum absolute atomic E-state index is 0.0463. The second-order valence-electron chi connectivity index (χ2n) is 4.33. The predicted molar refractivity (Wildman–Crippen MR) is 81.9 cm³/mol. The van der Waals surface area contributed by atoms with Crippen LogP contribution in [0.15, 0.2) is 59.1 Å². The highest BCUT2D eigenvalue weighted by molar-refractivity contribution is 9.10. The summed E-state index contributed by atoms with van der Waals surface area (Å²) in [7, 11) is 0. The Morgan fingerprint density at radius 1 is 1.05 bits per heavy atom. The van der Waals surface area contributed by atoms with E-state index in [9.17, 15) is 5.11 Å². The van der Waals surface area contributed by atoms with Gasteiger partial charge in [0.15, 0.2) is 0 Å². The predicted octanol–water partition coefficient (Wildman–Crippen LogP) is 4.28. The maximum absolute atomic E-state index is 9.49. The van der Waals surface area contributed by atoms with Crippen molar-refractivity contribution >= 4 is 26.8 Å². The number of pyridine rings is 1. The highest BCUT2D eigenvalue weighted by Crippen LogP contribution is 2.30. The summed E-state index contributed by atoms with van der Waals surface area (Å²) in [6.07, 6.45) is 0. The Morgan fingerprint density at radius 3 is 2.60 bits per heavy atom. The average Bonchev–Trinajstić information content (AvgIpc) is 2.49. The van der Waals surface area contributed by atoms with Gasteiger partial charge in [-0.05, 0) is 39.7 Å². The minimum atomic E-state index is -0.0463. The van der Waals surface area contributed by atoms with Crippen LogP contribution in [-0.2, 0) is 6.61 Å².